The van der Waals surface area contributed by atoms with E-state index in [4.69, 9.17) is 62.6 Å². The van der Waals surface area contributed by atoms with Gasteiger partial charge in [0.25, 0.3) is 0 Å². The molecule has 17 heteroatoms. The zero-order valence-electron chi connectivity index (χ0n) is 43.4. The summed E-state index contributed by atoms with van der Waals surface area (Å²) in [5.74, 6) is -1.06. The maximum atomic E-state index is 13.9. The molecular formula is C57H69NO16. The smallest absolute Gasteiger partial charge is 0.338 e. The Bertz CT molecular complexity index is 2550. The molecule has 17 nitrogen and oxygen atoms in total. The minimum Gasteiger partial charge on any atom is -0.496 e. The van der Waals surface area contributed by atoms with Crippen molar-refractivity contribution in [1.82, 2.24) is 0 Å². The molecule has 0 aliphatic heterocycles. The number of esters is 4. The summed E-state index contributed by atoms with van der Waals surface area (Å²) in [6, 6.07) is 17.2. The first-order valence-electron chi connectivity index (χ1n) is 24.0. The summed E-state index contributed by atoms with van der Waals surface area (Å²) >= 11 is 0. The molecule has 0 heterocycles. The minimum atomic E-state index is -0.657. The highest BCUT2D eigenvalue weighted by atomic mass is 16.6. The second-order valence-electron chi connectivity index (χ2n) is 16.0. The molecular weight excluding hydrogens is 955 g/mol. The number of rotatable bonds is 33. The Kier molecular flexibility index (Phi) is 27.0. The van der Waals surface area contributed by atoms with Crippen molar-refractivity contribution in [3.63, 3.8) is 0 Å². The van der Waals surface area contributed by atoms with Crippen LogP contribution in [0.4, 0.5) is 0 Å². The average Bonchev–Trinajstić information content (AvgIpc) is 3.41. The van der Waals surface area contributed by atoms with Crippen LogP contribution in [-0.4, -0.2) is 146 Å². The van der Waals surface area contributed by atoms with Gasteiger partial charge in [-0.1, -0.05) is 60.7 Å². The lowest BCUT2D eigenvalue weighted by molar-refractivity contribution is 0.0375. The Morgan fingerprint density at radius 2 is 0.784 bits per heavy atom. The number of carbonyl (C=O) groups excluding carboxylic acids is 4. The predicted octanol–water partition coefficient (Wildman–Crippen LogP) is 8.60. The predicted molar refractivity (Wildman–Crippen MR) is 284 cm³/mol. The first-order valence-corrected chi connectivity index (χ1v) is 24.0. The zero-order valence-corrected chi connectivity index (χ0v) is 43.4. The third-order valence-corrected chi connectivity index (χ3v) is 10.7. The van der Waals surface area contributed by atoms with Crippen molar-refractivity contribution in [2.45, 2.75) is 19.8 Å². The van der Waals surface area contributed by atoms with Gasteiger partial charge in [0.2, 0.25) is 0 Å². The molecule has 0 aliphatic rings. The molecule has 0 radical (unpaired) electrons. The van der Waals surface area contributed by atoms with Crippen LogP contribution in [0.3, 0.4) is 0 Å². The minimum absolute atomic E-state index is 0.00177. The Balaban J connectivity index is 1.87. The molecule has 0 saturated carbocycles. The summed E-state index contributed by atoms with van der Waals surface area (Å²) in [6.07, 6.45) is 15.4. The number of ether oxygens (including phenoxy) is 12. The quantitative estimate of drug-likeness (QED) is 0.0205. The van der Waals surface area contributed by atoms with Crippen LogP contribution in [0.2, 0.25) is 0 Å². The van der Waals surface area contributed by atoms with Gasteiger partial charge in [-0.3, -0.25) is 0 Å². The van der Waals surface area contributed by atoms with Gasteiger partial charge in [0.05, 0.1) is 69.0 Å². The third kappa shape index (κ3) is 19.1. The first kappa shape index (κ1) is 59.4. The molecule has 2 N–H and O–H groups in total. The molecule has 0 aromatic heterocycles. The highest BCUT2D eigenvalue weighted by Crippen LogP contribution is 2.34. The van der Waals surface area contributed by atoms with Crippen molar-refractivity contribution in [1.29, 1.82) is 0 Å². The van der Waals surface area contributed by atoms with Gasteiger partial charge in [-0.05, 0) is 103 Å². The van der Waals surface area contributed by atoms with Gasteiger partial charge in [0, 0.05) is 46.7 Å². The number of hydrogen-bond acceptors (Lipinski definition) is 17. The van der Waals surface area contributed by atoms with Crippen LogP contribution in [-0.2, 0) is 42.6 Å². The van der Waals surface area contributed by atoms with Crippen LogP contribution in [0, 0.1) is 0 Å². The number of benzene rings is 4. The van der Waals surface area contributed by atoms with E-state index in [9.17, 15) is 19.2 Å². The van der Waals surface area contributed by atoms with Crippen molar-refractivity contribution in [2.75, 3.05) is 122 Å². The average molecular weight is 1020 g/mol. The van der Waals surface area contributed by atoms with Crippen LogP contribution in [0.5, 0.6) is 17.2 Å². The highest BCUT2D eigenvalue weighted by Gasteiger charge is 2.22. The topological polar surface area (TPSA) is 205 Å². The normalized spacial score (nSPS) is 11.5. The van der Waals surface area contributed by atoms with E-state index in [2.05, 4.69) is 0 Å². The molecule has 0 fully saturated rings. The van der Waals surface area contributed by atoms with Crippen LogP contribution in [0.1, 0.15) is 100 Å². The van der Waals surface area contributed by atoms with Crippen LogP contribution < -0.4 is 19.9 Å². The monoisotopic (exact) mass is 1020 g/mol. The van der Waals surface area contributed by atoms with Crippen molar-refractivity contribution < 1.29 is 76.0 Å². The van der Waals surface area contributed by atoms with Crippen molar-refractivity contribution in [3.8, 4) is 17.2 Å². The van der Waals surface area contributed by atoms with E-state index in [0.717, 1.165) is 18.4 Å². The molecule has 74 heavy (non-hydrogen) atoms. The number of unbranched alkanes of at least 4 members (excludes halogenated alkanes) is 1. The summed E-state index contributed by atoms with van der Waals surface area (Å²) in [4.78, 5) is 54.6. The molecule has 0 aliphatic carbocycles. The second kappa shape index (κ2) is 33.6. The molecule has 0 amide bonds. The third-order valence-electron chi connectivity index (χ3n) is 10.7. The molecule has 0 atom stereocenters. The van der Waals surface area contributed by atoms with E-state index in [0.29, 0.717) is 63.8 Å². The van der Waals surface area contributed by atoms with Crippen molar-refractivity contribution in [2.24, 2.45) is 5.73 Å². The fourth-order valence-corrected chi connectivity index (χ4v) is 6.93. The van der Waals surface area contributed by atoms with Crippen LogP contribution in [0.15, 0.2) is 66.7 Å². The zero-order chi connectivity index (χ0) is 53.5. The lowest BCUT2D eigenvalue weighted by Gasteiger charge is -2.15. The number of hydrogen-bond donors (Lipinski definition) is 1. The maximum Gasteiger partial charge on any atom is 0.338 e. The molecule has 4 rings (SSSR count). The Hall–Kier alpha value is -7.12. The van der Waals surface area contributed by atoms with E-state index in [-0.39, 0.29) is 88.3 Å². The molecule has 4 aromatic carbocycles. The van der Waals surface area contributed by atoms with Gasteiger partial charge in [0.15, 0.2) is 0 Å². The van der Waals surface area contributed by atoms with Crippen molar-refractivity contribution in [3.05, 3.63) is 128 Å². The fraction of sp³-hybridized carbons (Fsp3) is 0.368. The van der Waals surface area contributed by atoms with E-state index in [1.165, 1.54) is 35.5 Å². The summed E-state index contributed by atoms with van der Waals surface area (Å²) in [7, 11) is 9.05. The van der Waals surface area contributed by atoms with E-state index in [1.807, 2.05) is 30.3 Å². The van der Waals surface area contributed by atoms with Crippen molar-refractivity contribution >= 4 is 66.4 Å². The summed E-state index contributed by atoms with van der Waals surface area (Å²) in [5.41, 5.74) is 9.71. The number of nitrogens with two attached hydrogens (primary N) is 1. The van der Waals surface area contributed by atoms with E-state index in [1.54, 1.807) is 93.0 Å². The lowest BCUT2D eigenvalue weighted by atomic mass is 9.95. The van der Waals surface area contributed by atoms with Gasteiger partial charge in [-0.2, -0.15) is 0 Å². The van der Waals surface area contributed by atoms with E-state index < -0.39 is 23.9 Å². The number of allylic oxidation sites excluding steroid dienone is 1. The van der Waals surface area contributed by atoms with Gasteiger partial charge < -0.3 is 62.6 Å². The van der Waals surface area contributed by atoms with Gasteiger partial charge in [-0.25, -0.2) is 19.2 Å². The first-order chi connectivity index (χ1) is 36.0. The SMILES string of the molecule is C/C=C/c1cc(C(=O)OCCOC)c(/C=C/c2cc(OC)c(/C=C/c3cc(C(=O)OCCOC)c(/C=C/c4ccc(OCCCCN)cc4)cc3C(=O)OCCOC)cc2OCCOC)cc1C(=O)OCCOC. The molecule has 0 bridgehead atoms. The molecule has 4 aromatic rings. The fourth-order valence-electron chi connectivity index (χ4n) is 6.93. The number of methoxy groups -OCH3 is 6. The summed E-state index contributed by atoms with van der Waals surface area (Å²) in [5, 5.41) is 0. The summed E-state index contributed by atoms with van der Waals surface area (Å²) in [6.45, 7) is 4.06. The Morgan fingerprint density at radius 3 is 1.19 bits per heavy atom. The van der Waals surface area contributed by atoms with E-state index >= 15 is 0 Å². The lowest BCUT2D eigenvalue weighted by Crippen LogP contribution is -2.15. The molecule has 398 valence electrons. The van der Waals surface area contributed by atoms with Crippen LogP contribution in [0.25, 0.3) is 42.5 Å². The molecule has 0 unspecified atom stereocenters. The molecule has 0 spiro atoms. The summed E-state index contributed by atoms with van der Waals surface area (Å²) < 4.78 is 65.9. The highest BCUT2D eigenvalue weighted by molar-refractivity contribution is 6.03. The van der Waals surface area contributed by atoms with Gasteiger partial charge in [0.1, 0.15) is 50.3 Å². The second-order valence-corrected chi connectivity index (χ2v) is 16.0. The standard InChI is InChI=1S/C57H69NO16/c1-8-11-41-34-49(55(60)72-31-26-65-4)44(36-48(41)54(59)71-30-25-64-3)17-19-46-38-52(68-7)45(39-53(46)70-29-24-63-2)18-16-43-37-50(56(61)73-32-27-66-5)42(35-51(43)57(62)74-33-28-67-6)15-12-40-13-20-47(21-14-40)69-23-10-9-22-58/h8,11-21,34-39H,9-10,22-33,58H2,1-7H3/b11-8+,15-12+,18-16+,19-17+. The van der Waals surface area contributed by atoms with Crippen LogP contribution >= 0.6 is 0 Å². The largest absolute Gasteiger partial charge is 0.496 e. The number of carbonyl (C=O) groups is 4. The van der Waals surface area contributed by atoms with Gasteiger partial charge >= 0.3 is 23.9 Å². The Labute approximate surface area is 433 Å². The molecule has 0 saturated heterocycles. The van der Waals surface area contributed by atoms with Gasteiger partial charge in [-0.15, -0.1) is 0 Å². The Morgan fingerprint density at radius 1 is 0.405 bits per heavy atom. The maximum absolute atomic E-state index is 13.9.